The standard InChI is InChI=1S/C26H38F4IN5O7/c1-24(2,13-27)18(34-22(40)42-5)21(39)36-32-12-17(37)16(11-14-7-9-15(31)10-8-14)33-20(38)19(35-23(41)43-6)25(3,4)26(28,29)30/h7-10,16-19,32,37H,11-13H2,1-6H3,(H,33,38)(H,34,40)(H,35,41)(H,36,39). The zero-order valence-electron chi connectivity index (χ0n) is 24.5. The number of amides is 4. The Morgan fingerprint density at radius 3 is 1.86 bits per heavy atom. The highest BCUT2D eigenvalue weighted by Gasteiger charge is 2.56. The van der Waals surface area contributed by atoms with Crippen LogP contribution in [0, 0.1) is 14.4 Å². The van der Waals surface area contributed by atoms with E-state index in [1.54, 1.807) is 24.3 Å². The van der Waals surface area contributed by atoms with Crippen LogP contribution in [0.3, 0.4) is 0 Å². The van der Waals surface area contributed by atoms with Gasteiger partial charge in [0.1, 0.15) is 12.1 Å². The Labute approximate surface area is 260 Å². The minimum Gasteiger partial charge on any atom is -0.453 e. The number of halogens is 5. The molecule has 0 spiro atoms. The number of rotatable bonds is 14. The molecule has 0 aliphatic carbocycles. The molecule has 12 nitrogen and oxygen atoms in total. The summed E-state index contributed by atoms with van der Waals surface area (Å²) in [5, 5.41) is 17.5. The molecule has 4 amide bonds. The first-order valence-corrected chi connectivity index (χ1v) is 14.0. The first-order valence-electron chi connectivity index (χ1n) is 12.9. The van der Waals surface area contributed by atoms with Crippen LogP contribution in [0.1, 0.15) is 33.3 Å². The third-order valence-corrected chi connectivity index (χ3v) is 7.40. The molecule has 0 aromatic heterocycles. The molecule has 0 heterocycles. The highest BCUT2D eigenvalue weighted by atomic mass is 127. The first kappa shape index (κ1) is 38.1. The number of nitrogens with one attached hydrogen (secondary N) is 5. The van der Waals surface area contributed by atoms with Gasteiger partial charge in [0.05, 0.1) is 38.5 Å². The molecule has 244 valence electrons. The fraction of sp³-hybridized carbons (Fsp3) is 0.615. The Bertz CT molecular complexity index is 1110. The summed E-state index contributed by atoms with van der Waals surface area (Å²) in [5.74, 6) is -2.13. The van der Waals surface area contributed by atoms with Crippen molar-refractivity contribution in [3.63, 3.8) is 0 Å². The van der Waals surface area contributed by atoms with Gasteiger partial charge in [0, 0.05) is 15.5 Å². The molecule has 0 saturated carbocycles. The van der Waals surface area contributed by atoms with E-state index in [0.29, 0.717) is 5.56 Å². The monoisotopic (exact) mass is 735 g/mol. The third kappa shape index (κ3) is 11.3. The van der Waals surface area contributed by atoms with Crippen LogP contribution >= 0.6 is 22.6 Å². The smallest absolute Gasteiger partial charge is 0.407 e. The minimum atomic E-state index is -4.92. The van der Waals surface area contributed by atoms with Crippen molar-refractivity contribution < 1.29 is 51.3 Å². The lowest BCUT2D eigenvalue weighted by Crippen LogP contribution is -2.62. The third-order valence-electron chi connectivity index (χ3n) is 6.68. The van der Waals surface area contributed by atoms with E-state index >= 15 is 0 Å². The Morgan fingerprint density at radius 2 is 1.40 bits per heavy atom. The second-order valence-electron chi connectivity index (χ2n) is 10.9. The van der Waals surface area contributed by atoms with E-state index in [0.717, 1.165) is 31.6 Å². The van der Waals surface area contributed by atoms with E-state index < -0.39 is 78.5 Å². The lowest BCUT2D eigenvalue weighted by molar-refractivity contribution is -0.220. The number of hydrogen-bond acceptors (Lipinski definition) is 8. The van der Waals surface area contributed by atoms with Crippen LogP contribution in [0.5, 0.6) is 0 Å². The number of aliphatic hydroxyl groups excluding tert-OH is 1. The van der Waals surface area contributed by atoms with Crippen molar-refractivity contribution in [2.45, 2.75) is 64.5 Å². The molecule has 17 heteroatoms. The van der Waals surface area contributed by atoms with Gasteiger partial charge in [0.25, 0.3) is 5.91 Å². The van der Waals surface area contributed by atoms with E-state index in [9.17, 15) is 41.8 Å². The van der Waals surface area contributed by atoms with Crippen LogP contribution in [-0.2, 0) is 25.5 Å². The maximum atomic E-state index is 13.9. The van der Waals surface area contributed by atoms with Crippen molar-refractivity contribution in [2.75, 3.05) is 27.4 Å². The summed E-state index contributed by atoms with van der Waals surface area (Å²) in [5.41, 5.74) is 1.18. The van der Waals surface area contributed by atoms with Gasteiger partial charge in [-0.3, -0.25) is 19.4 Å². The maximum Gasteiger partial charge on any atom is 0.407 e. The van der Waals surface area contributed by atoms with E-state index in [-0.39, 0.29) is 6.42 Å². The fourth-order valence-electron chi connectivity index (χ4n) is 3.66. The number of aliphatic hydroxyl groups is 1. The number of ether oxygens (including phenoxy) is 2. The van der Waals surface area contributed by atoms with E-state index in [1.165, 1.54) is 13.8 Å². The van der Waals surface area contributed by atoms with Gasteiger partial charge >= 0.3 is 18.4 Å². The summed E-state index contributed by atoms with van der Waals surface area (Å²) >= 11 is 2.06. The number of alkyl halides is 4. The van der Waals surface area contributed by atoms with E-state index in [2.05, 4.69) is 53.5 Å². The molecule has 0 saturated heterocycles. The van der Waals surface area contributed by atoms with Crippen molar-refractivity contribution in [3.8, 4) is 0 Å². The number of alkyl carbamates (subject to hydrolysis) is 2. The van der Waals surface area contributed by atoms with Crippen LogP contribution in [0.15, 0.2) is 24.3 Å². The van der Waals surface area contributed by atoms with Crippen LogP contribution in [0.4, 0.5) is 27.2 Å². The highest BCUT2D eigenvalue weighted by molar-refractivity contribution is 14.1. The number of hydrazine groups is 1. The second kappa shape index (κ2) is 16.2. The predicted molar refractivity (Wildman–Crippen MR) is 155 cm³/mol. The molecular formula is C26H38F4IN5O7. The van der Waals surface area contributed by atoms with Crippen LogP contribution in [0.25, 0.3) is 0 Å². The van der Waals surface area contributed by atoms with Gasteiger partial charge in [0.15, 0.2) is 0 Å². The number of carbonyl (C=O) groups is 4. The Balaban J connectivity index is 3.20. The van der Waals surface area contributed by atoms with Gasteiger partial charge in [-0.05, 0) is 60.6 Å². The summed E-state index contributed by atoms with van der Waals surface area (Å²) in [7, 11) is 1.98. The van der Waals surface area contributed by atoms with Gasteiger partial charge in [-0.15, -0.1) is 0 Å². The number of carbonyl (C=O) groups excluding carboxylic acids is 4. The molecule has 4 unspecified atom stereocenters. The van der Waals surface area contributed by atoms with Crippen LogP contribution in [-0.4, -0.2) is 87.0 Å². The zero-order chi connectivity index (χ0) is 33.2. The number of benzene rings is 1. The molecule has 0 fully saturated rings. The van der Waals surface area contributed by atoms with Gasteiger partial charge in [-0.25, -0.2) is 15.0 Å². The molecule has 6 N–H and O–H groups in total. The molecule has 1 aromatic carbocycles. The normalized spacial score (nSPS) is 14.9. The molecule has 0 radical (unpaired) electrons. The average molecular weight is 736 g/mol. The highest BCUT2D eigenvalue weighted by Crippen LogP contribution is 2.40. The number of methoxy groups -OCH3 is 2. The van der Waals surface area contributed by atoms with Gasteiger partial charge in [0.2, 0.25) is 5.91 Å². The van der Waals surface area contributed by atoms with Gasteiger partial charge in [-0.1, -0.05) is 26.0 Å². The van der Waals surface area contributed by atoms with Crippen molar-refractivity contribution in [1.29, 1.82) is 0 Å². The largest absolute Gasteiger partial charge is 0.453 e. The minimum absolute atomic E-state index is 0.0573. The Kier molecular flexibility index (Phi) is 14.4. The van der Waals surface area contributed by atoms with Crippen LogP contribution in [0.2, 0.25) is 0 Å². The summed E-state index contributed by atoms with van der Waals surface area (Å²) in [6.45, 7) is 2.79. The summed E-state index contributed by atoms with van der Waals surface area (Å²) in [6, 6.07) is 2.10. The molecule has 0 bridgehead atoms. The molecule has 43 heavy (non-hydrogen) atoms. The fourth-order valence-corrected chi connectivity index (χ4v) is 4.02. The van der Waals surface area contributed by atoms with E-state index in [4.69, 9.17) is 0 Å². The quantitative estimate of drug-likeness (QED) is 0.0963. The number of hydrogen-bond donors (Lipinski definition) is 6. The Morgan fingerprint density at radius 1 is 0.884 bits per heavy atom. The van der Waals surface area contributed by atoms with Crippen molar-refractivity contribution in [2.24, 2.45) is 10.8 Å². The lowest BCUT2D eigenvalue weighted by atomic mass is 9.82. The molecule has 4 atom stereocenters. The molecular weight excluding hydrogens is 697 g/mol. The molecule has 1 rings (SSSR count). The summed E-state index contributed by atoms with van der Waals surface area (Å²) in [6.07, 6.45) is -8.76. The van der Waals surface area contributed by atoms with E-state index in [1.807, 2.05) is 5.32 Å². The predicted octanol–water partition coefficient (Wildman–Crippen LogP) is 2.33. The molecule has 0 aliphatic heterocycles. The van der Waals surface area contributed by atoms with Crippen molar-refractivity contribution in [1.82, 2.24) is 26.8 Å². The molecule has 0 aliphatic rings. The zero-order valence-corrected chi connectivity index (χ0v) is 26.7. The van der Waals surface area contributed by atoms with Gasteiger partial charge in [-0.2, -0.15) is 13.2 Å². The second-order valence-corrected chi connectivity index (χ2v) is 12.1. The SMILES string of the molecule is COC(=O)NC(C(=O)NNCC(O)C(Cc1ccc(I)cc1)NC(=O)C(NC(=O)OC)C(C)(C)C(F)(F)F)C(C)(C)CF. The molecule has 1 aromatic rings. The van der Waals surface area contributed by atoms with Gasteiger partial charge < -0.3 is 30.5 Å². The lowest BCUT2D eigenvalue weighted by Gasteiger charge is -2.36. The first-order chi connectivity index (χ1) is 19.8. The van der Waals surface area contributed by atoms with Crippen LogP contribution < -0.4 is 26.8 Å². The summed E-state index contributed by atoms with van der Waals surface area (Å²) in [4.78, 5) is 49.5. The van der Waals surface area contributed by atoms with Crippen molar-refractivity contribution in [3.05, 3.63) is 33.4 Å². The average Bonchev–Trinajstić information content (AvgIpc) is 2.93. The topological polar surface area (TPSA) is 167 Å². The van der Waals surface area contributed by atoms with Crippen molar-refractivity contribution >= 4 is 46.6 Å². The summed E-state index contributed by atoms with van der Waals surface area (Å²) < 4.78 is 65.0. The Hall–Kier alpha value is -2.93. The maximum absolute atomic E-state index is 13.9.